The second-order valence-corrected chi connectivity index (χ2v) is 8.24. The van der Waals surface area contributed by atoms with Crippen molar-refractivity contribution in [1.82, 2.24) is 10.4 Å². The maximum Gasteiger partial charge on any atom is 0.329 e. The number of fused-ring (bicyclic) bond motifs is 1. The summed E-state index contributed by atoms with van der Waals surface area (Å²) in [6.07, 6.45) is 2.48. The van der Waals surface area contributed by atoms with Crippen molar-refractivity contribution in [3.8, 4) is 0 Å². The summed E-state index contributed by atoms with van der Waals surface area (Å²) in [6.45, 7) is 7.15. The van der Waals surface area contributed by atoms with Gasteiger partial charge in [-0.15, -0.1) is 0 Å². The number of carbonyl (C=O) groups excluding carboxylic acids is 4. The van der Waals surface area contributed by atoms with Crippen molar-refractivity contribution < 1.29 is 24.0 Å². The summed E-state index contributed by atoms with van der Waals surface area (Å²) in [5.74, 6) is -1.35. The zero-order valence-corrected chi connectivity index (χ0v) is 17.3. The number of hydrogen-bond acceptors (Lipinski definition) is 5. The Balaban J connectivity index is 1.83. The molecule has 0 unspecified atom stereocenters. The van der Waals surface area contributed by atoms with Crippen LogP contribution in [0.3, 0.4) is 0 Å². The Labute approximate surface area is 169 Å². The minimum Gasteiger partial charge on any atom is -0.341 e. The van der Waals surface area contributed by atoms with Gasteiger partial charge in [0, 0.05) is 24.9 Å². The van der Waals surface area contributed by atoms with Crippen molar-refractivity contribution >= 4 is 29.4 Å². The predicted octanol–water partition coefficient (Wildman–Crippen LogP) is 2.32. The third-order valence-electron chi connectivity index (χ3n) is 5.40. The quantitative estimate of drug-likeness (QED) is 0.712. The Morgan fingerprint density at radius 2 is 1.93 bits per heavy atom. The molecule has 3 amide bonds. The molecule has 0 radical (unpaired) electrons. The van der Waals surface area contributed by atoms with Gasteiger partial charge >= 0.3 is 5.97 Å². The third kappa shape index (κ3) is 4.41. The van der Waals surface area contributed by atoms with E-state index in [2.05, 4.69) is 15.6 Å². The Morgan fingerprint density at radius 3 is 2.52 bits per heavy atom. The van der Waals surface area contributed by atoms with Gasteiger partial charge < -0.3 is 15.1 Å². The molecule has 1 aromatic carbocycles. The summed E-state index contributed by atoms with van der Waals surface area (Å²) in [6, 6.07) is 3.73. The first-order chi connectivity index (χ1) is 13.6. The van der Waals surface area contributed by atoms with Crippen LogP contribution in [0, 0.1) is 5.92 Å². The van der Waals surface area contributed by atoms with Gasteiger partial charge in [-0.1, -0.05) is 13.0 Å². The number of nitrogens with zero attached hydrogens (tertiary/aromatic N) is 1. The van der Waals surface area contributed by atoms with E-state index in [9.17, 15) is 19.2 Å². The van der Waals surface area contributed by atoms with Crippen molar-refractivity contribution in [3.05, 3.63) is 28.8 Å². The molecule has 0 spiro atoms. The average Bonchev–Trinajstić information content (AvgIpc) is 3.43. The highest BCUT2D eigenvalue weighted by Crippen LogP contribution is 2.38. The topological polar surface area (TPSA) is 105 Å². The molecule has 1 heterocycles. The molecule has 0 bridgehead atoms. The van der Waals surface area contributed by atoms with Crippen molar-refractivity contribution in [2.45, 2.75) is 65.5 Å². The van der Waals surface area contributed by atoms with E-state index in [0.717, 1.165) is 30.4 Å². The van der Waals surface area contributed by atoms with Crippen LogP contribution in [0.1, 0.15) is 68.4 Å². The van der Waals surface area contributed by atoms with Crippen LogP contribution in [0.5, 0.6) is 0 Å². The normalized spacial score (nSPS) is 15.7. The molecule has 8 nitrogen and oxygen atoms in total. The van der Waals surface area contributed by atoms with E-state index >= 15 is 0 Å². The first kappa shape index (κ1) is 20.8. The fourth-order valence-electron chi connectivity index (χ4n) is 3.64. The second kappa shape index (κ2) is 7.85. The van der Waals surface area contributed by atoms with Gasteiger partial charge in [0.1, 0.15) is 0 Å². The second-order valence-electron chi connectivity index (χ2n) is 8.24. The van der Waals surface area contributed by atoms with Crippen molar-refractivity contribution in [3.63, 3.8) is 0 Å². The number of benzene rings is 1. The molecule has 2 N–H and O–H groups in total. The lowest BCUT2D eigenvalue weighted by Gasteiger charge is -2.35. The largest absolute Gasteiger partial charge is 0.341 e. The minimum absolute atomic E-state index is 0.0329. The molecule has 1 saturated carbocycles. The summed E-state index contributed by atoms with van der Waals surface area (Å²) in [4.78, 5) is 54.8. The lowest BCUT2D eigenvalue weighted by Crippen LogP contribution is -2.47. The molecule has 0 atom stereocenters. The smallest absolute Gasteiger partial charge is 0.329 e. The van der Waals surface area contributed by atoms with Crippen molar-refractivity contribution in [1.29, 1.82) is 0 Å². The van der Waals surface area contributed by atoms with Crippen LogP contribution in [0.25, 0.3) is 0 Å². The molecule has 2 aliphatic rings. The summed E-state index contributed by atoms with van der Waals surface area (Å²) in [7, 11) is 0. The van der Waals surface area contributed by atoms with E-state index in [-0.39, 0.29) is 24.2 Å². The summed E-state index contributed by atoms with van der Waals surface area (Å²) >= 11 is 0. The molecule has 0 saturated heterocycles. The molecule has 0 aromatic heterocycles. The molecule has 1 fully saturated rings. The molecule has 8 heteroatoms. The number of hydrogen-bond donors (Lipinski definition) is 2. The number of carbonyl (C=O) groups is 4. The molecule has 1 aliphatic heterocycles. The monoisotopic (exact) mass is 401 g/mol. The van der Waals surface area contributed by atoms with Crippen LogP contribution in [0.15, 0.2) is 12.1 Å². The van der Waals surface area contributed by atoms with Crippen LogP contribution in [0.4, 0.5) is 5.69 Å². The number of rotatable bonds is 6. The SMILES string of the molecule is CCc1ccc(NC(=O)C2CC2)c2c1CN(C(C)(C)CC(=O)NOC(C)=O)C2=O. The number of hydroxylamine groups is 1. The maximum absolute atomic E-state index is 13.3. The van der Waals surface area contributed by atoms with Crippen molar-refractivity contribution in [2.24, 2.45) is 5.92 Å². The zero-order chi connectivity index (χ0) is 21.3. The highest BCUT2D eigenvalue weighted by molar-refractivity contribution is 6.08. The van der Waals surface area contributed by atoms with E-state index < -0.39 is 17.4 Å². The fraction of sp³-hybridized carbons (Fsp3) is 0.524. The number of aryl methyl sites for hydroxylation is 1. The summed E-state index contributed by atoms with van der Waals surface area (Å²) < 4.78 is 0. The molecule has 1 aliphatic carbocycles. The van der Waals surface area contributed by atoms with E-state index in [1.54, 1.807) is 24.8 Å². The summed E-state index contributed by atoms with van der Waals surface area (Å²) in [5.41, 5.74) is 4.24. The Kier molecular flexibility index (Phi) is 5.64. The maximum atomic E-state index is 13.3. The Hall–Kier alpha value is -2.90. The summed E-state index contributed by atoms with van der Waals surface area (Å²) in [5, 5.41) is 2.91. The molecular formula is C21H27N3O5. The van der Waals surface area contributed by atoms with Gasteiger partial charge in [-0.05, 0) is 50.3 Å². The lowest BCUT2D eigenvalue weighted by atomic mass is 9.98. The molecule has 156 valence electrons. The number of nitrogens with one attached hydrogen (secondary N) is 2. The van der Waals surface area contributed by atoms with E-state index in [0.29, 0.717) is 17.8 Å². The molecular weight excluding hydrogens is 374 g/mol. The van der Waals surface area contributed by atoms with E-state index in [1.807, 2.05) is 13.0 Å². The molecule has 1 aromatic rings. The van der Waals surface area contributed by atoms with Crippen LogP contribution < -0.4 is 10.8 Å². The van der Waals surface area contributed by atoms with Crippen molar-refractivity contribution in [2.75, 3.05) is 5.32 Å². The van der Waals surface area contributed by atoms with Crippen LogP contribution in [0.2, 0.25) is 0 Å². The standard InChI is InChI=1S/C21H27N3O5/c1-5-13-8-9-16(22-19(27)14-6-7-14)18-15(13)11-24(20(18)28)21(3,4)10-17(26)23-29-12(2)25/h8-9,14H,5-7,10-11H2,1-4H3,(H,22,27)(H,23,26). The van der Waals surface area contributed by atoms with Gasteiger partial charge in [-0.2, -0.15) is 5.48 Å². The van der Waals surface area contributed by atoms with Gasteiger partial charge in [0.25, 0.3) is 11.8 Å². The molecule has 29 heavy (non-hydrogen) atoms. The first-order valence-corrected chi connectivity index (χ1v) is 9.88. The van der Waals surface area contributed by atoms with E-state index in [4.69, 9.17) is 0 Å². The first-order valence-electron chi connectivity index (χ1n) is 9.88. The van der Waals surface area contributed by atoms with Crippen LogP contribution >= 0.6 is 0 Å². The highest BCUT2D eigenvalue weighted by Gasteiger charge is 2.41. The van der Waals surface area contributed by atoms with Crippen LogP contribution in [-0.2, 0) is 32.2 Å². The number of anilines is 1. The lowest BCUT2D eigenvalue weighted by molar-refractivity contribution is -0.157. The average molecular weight is 401 g/mol. The van der Waals surface area contributed by atoms with Gasteiger partial charge in [0.15, 0.2) is 0 Å². The van der Waals surface area contributed by atoms with Gasteiger partial charge in [-0.3, -0.25) is 19.2 Å². The van der Waals surface area contributed by atoms with Crippen LogP contribution in [-0.4, -0.2) is 34.1 Å². The fourth-order valence-corrected chi connectivity index (χ4v) is 3.64. The molecule has 3 rings (SSSR count). The van der Waals surface area contributed by atoms with Gasteiger partial charge in [0.05, 0.1) is 17.7 Å². The Morgan fingerprint density at radius 1 is 1.24 bits per heavy atom. The van der Waals surface area contributed by atoms with Gasteiger partial charge in [0.2, 0.25) is 5.91 Å². The van der Waals surface area contributed by atoms with E-state index in [1.165, 1.54) is 6.92 Å². The third-order valence-corrected chi connectivity index (χ3v) is 5.40. The Bertz CT molecular complexity index is 873. The highest BCUT2D eigenvalue weighted by atomic mass is 16.7. The minimum atomic E-state index is -0.816. The predicted molar refractivity (Wildman–Crippen MR) is 106 cm³/mol. The van der Waals surface area contributed by atoms with Gasteiger partial charge in [-0.25, -0.2) is 0 Å². The zero-order valence-electron chi connectivity index (χ0n) is 17.3. The number of amides is 3.